The van der Waals surface area contributed by atoms with Crippen LogP contribution >= 0.6 is 0 Å². The van der Waals surface area contributed by atoms with Crippen molar-refractivity contribution >= 4 is 29.2 Å². The summed E-state index contributed by atoms with van der Waals surface area (Å²) < 4.78 is 9.69. The van der Waals surface area contributed by atoms with Crippen LogP contribution in [0.3, 0.4) is 0 Å². The van der Waals surface area contributed by atoms with Gasteiger partial charge < -0.3 is 19.7 Å². The Bertz CT molecular complexity index is 877. The number of carbonyl (C=O) groups excluding carboxylic acids is 3. The zero-order chi connectivity index (χ0) is 20.8. The van der Waals surface area contributed by atoms with Gasteiger partial charge in [-0.15, -0.1) is 0 Å². The molecule has 0 aromatic heterocycles. The largest absolute Gasteiger partial charge is 0.465 e. The highest BCUT2D eigenvalue weighted by Crippen LogP contribution is 2.29. The van der Waals surface area contributed by atoms with Crippen molar-refractivity contribution in [2.75, 3.05) is 24.4 Å². The number of carbonyl (C=O) groups is 3. The van der Waals surface area contributed by atoms with Gasteiger partial charge in [0.25, 0.3) is 0 Å². The number of ether oxygens (including phenoxy) is 2. The first-order valence-corrected chi connectivity index (χ1v) is 9.51. The van der Waals surface area contributed by atoms with E-state index in [1.165, 1.54) is 20.3 Å². The third-order valence-electron chi connectivity index (χ3n) is 5.03. The zero-order valence-corrected chi connectivity index (χ0v) is 16.5. The molecule has 1 aromatic rings. The van der Waals surface area contributed by atoms with Crippen LogP contribution < -0.4 is 10.2 Å². The molecule has 2 aliphatic rings. The van der Waals surface area contributed by atoms with Gasteiger partial charge in [-0.1, -0.05) is 18.9 Å². The van der Waals surface area contributed by atoms with Crippen LogP contribution in [0.25, 0.3) is 0 Å². The molecule has 1 heterocycles. The summed E-state index contributed by atoms with van der Waals surface area (Å²) in [5.74, 6) is -1.20. The van der Waals surface area contributed by atoms with Crippen LogP contribution in [0.1, 0.15) is 25.7 Å². The van der Waals surface area contributed by atoms with E-state index in [1.807, 2.05) is 0 Å². The van der Waals surface area contributed by atoms with E-state index in [0.717, 1.165) is 25.7 Å². The Kier molecular flexibility index (Phi) is 6.49. The Labute approximate surface area is 169 Å². The fourth-order valence-electron chi connectivity index (χ4n) is 3.50. The second kappa shape index (κ2) is 9.23. The highest BCUT2D eigenvalue weighted by Gasteiger charge is 2.27. The van der Waals surface area contributed by atoms with E-state index in [4.69, 9.17) is 9.47 Å². The molecule has 1 amide bonds. The van der Waals surface area contributed by atoms with Gasteiger partial charge in [0.05, 0.1) is 19.8 Å². The first-order valence-electron chi connectivity index (χ1n) is 9.51. The number of anilines is 2. The van der Waals surface area contributed by atoms with Crippen molar-refractivity contribution in [3.05, 3.63) is 60.0 Å². The molecule has 152 valence electrons. The minimum absolute atomic E-state index is 0.0391. The van der Waals surface area contributed by atoms with Crippen LogP contribution in [0, 0.1) is 5.92 Å². The smallest absolute Gasteiger partial charge is 0.355 e. The molecule has 3 rings (SSSR count). The SMILES string of the molecule is COC(=O)C1=C(C(=O)OC)N(c2ccc(NC(=O)C3CCCC3)cc2)C=CC=C1. The summed E-state index contributed by atoms with van der Waals surface area (Å²) in [6.45, 7) is 0. The summed E-state index contributed by atoms with van der Waals surface area (Å²) in [5, 5.41) is 2.94. The molecule has 0 radical (unpaired) electrons. The third-order valence-corrected chi connectivity index (χ3v) is 5.03. The lowest BCUT2D eigenvalue weighted by Crippen LogP contribution is -2.27. The Hall–Kier alpha value is -3.35. The molecule has 1 aliphatic heterocycles. The number of methoxy groups -OCH3 is 2. The second-order valence-electron chi connectivity index (χ2n) is 6.83. The molecule has 0 saturated heterocycles. The molecule has 29 heavy (non-hydrogen) atoms. The van der Waals surface area contributed by atoms with E-state index in [9.17, 15) is 14.4 Å². The van der Waals surface area contributed by atoms with E-state index < -0.39 is 11.9 Å². The third kappa shape index (κ3) is 4.56. The van der Waals surface area contributed by atoms with Crippen molar-refractivity contribution in [3.8, 4) is 0 Å². The standard InChI is InChI=1S/C22H24N2O5/c1-28-21(26)18-9-5-6-14-24(19(18)22(27)29-2)17-12-10-16(11-13-17)23-20(25)15-7-3-4-8-15/h5-6,9-15H,3-4,7-8H2,1-2H3,(H,23,25). The van der Waals surface area contributed by atoms with Crippen molar-refractivity contribution < 1.29 is 23.9 Å². The summed E-state index contributed by atoms with van der Waals surface area (Å²) in [4.78, 5) is 38.5. The Morgan fingerprint density at radius 2 is 1.62 bits per heavy atom. The number of allylic oxidation sites excluding steroid dienone is 2. The number of amides is 1. The predicted molar refractivity (Wildman–Crippen MR) is 109 cm³/mol. The van der Waals surface area contributed by atoms with Gasteiger partial charge in [-0.05, 0) is 49.3 Å². The molecular weight excluding hydrogens is 372 g/mol. The Balaban J connectivity index is 1.88. The van der Waals surface area contributed by atoms with Crippen molar-refractivity contribution in [1.29, 1.82) is 0 Å². The van der Waals surface area contributed by atoms with E-state index in [0.29, 0.717) is 11.4 Å². The summed E-state index contributed by atoms with van der Waals surface area (Å²) in [5.41, 5.74) is 1.44. The summed E-state index contributed by atoms with van der Waals surface area (Å²) in [7, 11) is 2.50. The van der Waals surface area contributed by atoms with Gasteiger partial charge in [-0.3, -0.25) is 4.79 Å². The van der Waals surface area contributed by atoms with E-state index in [2.05, 4.69) is 5.32 Å². The van der Waals surface area contributed by atoms with Crippen molar-refractivity contribution in [1.82, 2.24) is 0 Å². The lowest BCUT2D eigenvalue weighted by molar-refractivity contribution is -0.139. The maximum atomic E-state index is 12.4. The van der Waals surface area contributed by atoms with Crippen molar-refractivity contribution in [2.45, 2.75) is 25.7 Å². The van der Waals surface area contributed by atoms with Gasteiger partial charge in [0.2, 0.25) is 5.91 Å². The van der Waals surface area contributed by atoms with Crippen LogP contribution in [0.5, 0.6) is 0 Å². The quantitative estimate of drug-likeness (QED) is 0.769. The summed E-state index contributed by atoms with van der Waals surface area (Å²) >= 11 is 0. The van der Waals surface area contributed by atoms with Crippen LogP contribution in [-0.4, -0.2) is 32.1 Å². The highest BCUT2D eigenvalue weighted by atomic mass is 16.5. The number of hydrogen-bond donors (Lipinski definition) is 1. The molecule has 0 atom stereocenters. The maximum absolute atomic E-state index is 12.4. The van der Waals surface area contributed by atoms with E-state index in [1.54, 1.807) is 47.5 Å². The number of esters is 2. The number of nitrogens with zero attached hydrogens (tertiary/aromatic N) is 1. The van der Waals surface area contributed by atoms with Crippen molar-refractivity contribution in [2.24, 2.45) is 5.92 Å². The first-order chi connectivity index (χ1) is 14.0. The van der Waals surface area contributed by atoms with Gasteiger partial charge >= 0.3 is 11.9 Å². The number of nitrogens with one attached hydrogen (secondary N) is 1. The number of rotatable bonds is 5. The normalized spacial score (nSPS) is 16.6. The Morgan fingerprint density at radius 1 is 0.966 bits per heavy atom. The predicted octanol–water partition coefficient (Wildman–Crippen LogP) is 3.31. The van der Waals surface area contributed by atoms with Gasteiger partial charge in [0.15, 0.2) is 0 Å². The van der Waals surface area contributed by atoms with E-state index >= 15 is 0 Å². The van der Waals surface area contributed by atoms with Gasteiger partial charge in [-0.25, -0.2) is 9.59 Å². The van der Waals surface area contributed by atoms with Crippen LogP contribution in [0.2, 0.25) is 0 Å². The monoisotopic (exact) mass is 396 g/mol. The molecule has 0 unspecified atom stereocenters. The lowest BCUT2D eigenvalue weighted by atomic mass is 10.1. The zero-order valence-electron chi connectivity index (χ0n) is 16.5. The second-order valence-corrected chi connectivity index (χ2v) is 6.83. The molecule has 1 fully saturated rings. The van der Waals surface area contributed by atoms with Crippen LogP contribution in [0.4, 0.5) is 11.4 Å². The molecule has 1 aromatic carbocycles. The average molecular weight is 396 g/mol. The lowest BCUT2D eigenvalue weighted by Gasteiger charge is -2.23. The molecule has 7 nitrogen and oxygen atoms in total. The fourth-order valence-corrected chi connectivity index (χ4v) is 3.50. The molecule has 1 N–H and O–H groups in total. The molecule has 0 bridgehead atoms. The molecule has 1 saturated carbocycles. The minimum Gasteiger partial charge on any atom is -0.465 e. The number of hydrogen-bond acceptors (Lipinski definition) is 6. The van der Waals surface area contributed by atoms with Gasteiger partial charge in [0, 0.05) is 23.5 Å². The maximum Gasteiger partial charge on any atom is 0.355 e. The molecule has 1 aliphatic carbocycles. The minimum atomic E-state index is -0.666. The number of benzene rings is 1. The average Bonchev–Trinajstić information content (AvgIpc) is 3.20. The molecule has 0 spiro atoms. The van der Waals surface area contributed by atoms with Crippen LogP contribution in [0.15, 0.2) is 60.0 Å². The van der Waals surface area contributed by atoms with Crippen molar-refractivity contribution in [3.63, 3.8) is 0 Å². The first kappa shape index (κ1) is 20.4. The van der Waals surface area contributed by atoms with E-state index in [-0.39, 0.29) is 23.1 Å². The Morgan fingerprint density at radius 3 is 2.24 bits per heavy atom. The molecule has 7 heteroatoms. The molecular formula is C22H24N2O5. The summed E-state index contributed by atoms with van der Waals surface area (Å²) in [6, 6.07) is 7.05. The topological polar surface area (TPSA) is 84.9 Å². The summed E-state index contributed by atoms with van der Waals surface area (Å²) in [6.07, 6.45) is 10.6. The highest BCUT2D eigenvalue weighted by molar-refractivity contribution is 6.05. The van der Waals surface area contributed by atoms with Gasteiger partial charge in [0.1, 0.15) is 5.70 Å². The fraction of sp³-hybridized carbons (Fsp3) is 0.318. The van der Waals surface area contributed by atoms with Gasteiger partial charge in [-0.2, -0.15) is 0 Å². The van der Waals surface area contributed by atoms with Crippen LogP contribution in [-0.2, 0) is 23.9 Å².